The van der Waals surface area contributed by atoms with Crippen molar-refractivity contribution in [1.29, 1.82) is 0 Å². The second-order valence-corrected chi connectivity index (χ2v) is 10.3. The minimum atomic E-state index is -3.58. The van der Waals surface area contributed by atoms with Gasteiger partial charge in [0.05, 0.1) is 18.0 Å². The highest BCUT2D eigenvalue weighted by Gasteiger charge is 2.30. The second kappa shape index (κ2) is 9.32. The van der Waals surface area contributed by atoms with Crippen molar-refractivity contribution >= 4 is 27.1 Å². The zero-order valence-corrected chi connectivity index (χ0v) is 20.5. The quantitative estimate of drug-likeness (QED) is 0.523. The summed E-state index contributed by atoms with van der Waals surface area (Å²) in [6.07, 6.45) is 0. The Morgan fingerprint density at radius 3 is 2.53 bits per heavy atom. The van der Waals surface area contributed by atoms with E-state index in [9.17, 15) is 18.0 Å². The lowest BCUT2D eigenvalue weighted by Gasteiger charge is -2.33. The van der Waals surface area contributed by atoms with E-state index in [0.717, 1.165) is 11.1 Å². The zero-order chi connectivity index (χ0) is 24.6. The summed E-state index contributed by atoms with van der Waals surface area (Å²) in [6.45, 7) is 9.12. The fourth-order valence-electron chi connectivity index (χ4n) is 4.26. The molecule has 0 unspecified atom stereocenters. The molecule has 0 spiro atoms. The van der Waals surface area contributed by atoms with Gasteiger partial charge in [0.15, 0.2) is 0 Å². The van der Waals surface area contributed by atoms with Gasteiger partial charge in [-0.1, -0.05) is 17.7 Å². The van der Waals surface area contributed by atoms with Crippen molar-refractivity contribution in [3.8, 4) is 0 Å². The Labute approximate surface area is 197 Å². The molecule has 3 aromatic rings. The van der Waals surface area contributed by atoms with Gasteiger partial charge in [-0.2, -0.15) is 9.29 Å². The summed E-state index contributed by atoms with van der Waals surface area (Å²) in [5, 5.41) is 0.0732. The molecule has 11 heteroatoms. The van der Waals surface area contributed by atoms with E-state index in [1.54, 1.807) is 32.9 Å². The smallest absolute Gasteiger partial charge is 0.342 e. The predicted molar refractivity (Wildman–Crippen MR) is 125 cm³/mol. The summed E-state index contributed by atoms with van der Waals surface area (Å²) in [5.74, 6) is 0.0288. The number of H-pyrrole nitrogens is 1. The molecule has 1 aliphatic heterocycles. The predicted octanol–water partition coefficient (Wildman–Crippen LogP) is 2.12. The topological polar surface area (TPSA) is 126 Å². The lowest BCUT2D eigenvalue weighted by molar-refractivity contribution is 0.0526. The van der Waals surface area contributed by atoms with Gasteiger partial charge in [-0.3, -0.25) is 9.69 Å². The molecule has 2 aromatic heterocycles. The van der Waals surface area contributed by atoms with Crippen molar-refractivity contribution in [2.75, 3.05) is 32.8 Å². The molecular weight excluding hydrogens is 460 g/mol. The van der Waals surface area contributed by atoms with Gasteiger partial charge in [0.25, 0.3) is 5.56 Å². The van der Waals surface area contributed by atoms with Crippen LogP contribution in [0.25, 0.3) is 11.1 Å². The fraction of sp³-hybridized carbons (Fsp3) is 0.435. The molecule has 0 aliphatic carbocycles. The van der Waals surface area contributed by atoms with E-state index >= 15 is 0 Å². The van der Waals surface area contributed by atoms with Crippen molar-refractivity contribution in [3.63, 3.8) is 0 Å². The Kier molecular flexibility index (Phi) is 6.61. The molecule has 1 N–H and O–H groups in total. The van der Waals surface area contributed by atoms with Crippen LogP contribution in [0, 0.1) is 20.8 Å². The van der Waals surface area contributed by atoms with Gasteiger partial charge in [0.1, 0.15) is 22.5 Å². The number of benzene rings is 1. The van der Waals surface area contributed by atoms with Crippen LogP contribution in [-0.2, 0) is 21.3 Å². The fourth-order valence-corrected chi connectivity index (χ4v) is 5.88. The number of furan rings is 1. The lowest BCUT2D eigenvalue weighted by Crippen LogP contribution is -2.48. The Bertz CT molecular complexity index is 1400. The van der Waals surface area contributed by atoms with Gasteiger partial charge >= 0.3 is 5.97 Å². The van der Waals surface area contributed by atoms with Crippen molar-refractivity contribution < 1.29 is 22.4 Å². The zero-order valence-electron chi connectivity index (χ0n) is 19.7. The first kappa shape index (κ1) is 24.1. The number of ether oxygens (including phenoxy) is 1. The SMILES string of the molecule is CCOC(=O)c1c(C)oc2nc(CN3CCN(S(=O)(=O)c4ccc(C)cc4C)CC3)[nH]c(=O)c12. The van der Waals surface area contributed by atoms with E-state index in [4.69, 9.17) is 9.15 Å². The largest absolute Gasteiger partial charge is 0.462 e. The maximum absolute atomic E-state index is 13.1. The van der Waals surface area contributed by atoms with E-state index in [0.29, 0.717) is 43.4 Å². The molecule has 0 radical (unpaired) electrons. The Morgan fingerprint density at radius 2 is 1.88 bits per heavy atom. The minimum Gasteiger partial charge on any atom is -0.462 e. The first-order chi connectivity index (χ1) is 16.1. The maximum Gasteiger partial charge on any atom is 0.342 e. The summed E-state index contributed by atoms with van der Waals surface area (Å²) in [7, 11) is -3.58. The number of aryl methyl sites for hydroxylation is 3. The number of sulfonamides is 1. The van der Waals surface area contributed by atoms with Gasteiger partial charge in [-0.15, -0.1) is 0 Å². The van der Waals surface area contributed by atoms with Crippen LogP contribution in [0.1, 0.15) is 40.0 Å². The van der Waals surface area contributed by atoms with E-state index in [2.05, 4.69) is 9.97 Å². The Morgan fingerprint density at radius 1 is 1.18 bits per heavy atom. The van der Waals surface area contributed by atoms with Gasteiger partial charge in [-0.25, -0.2) is 13.2 Å². The van der Waals surface area contributed by atoms with Crippen LogP contribution in [0.3, 0.4) is 0 Å². The highest BCUT2D eigenvalue weighted by molar-refractivity contribution is 7.89. The Hall–Kier alpha value is -3.02. The molecule has 0 amide bonds. The van der Waals surface area contributed by atoms with Crippen LogP contribution in [0.4, 0.5) is 0 Å². The molecule has 3 heterocycles. The number of carbonyl (C=O) groups excluding carboxylic acids is 1. The van der Waals surface area contributed by atoms with E-state index in [1.807, 2.05) is 17.9 Å². The van der Waals surface area contributed by atoms with Crippen molar-refractivity contribution in [2.24, 2.45) is 0 Å². The second-order valence-electron chi connectivity index (χ2n) is 8.40. The van der Waals surface area contributed by atoms with Gasteiger partial charge in [0.2, 0.25) is 15.7 Å². The van der Waals surface area contributed by atoms with E-state index in [-0.39, 0.29) is 29.0 Å². The third kappa shape index (κ3) is 4.50. The van der Waals surface area contributed by atoms with Crippen molar-refractivity contribution in [2.45, 2.75) is 39.1 Å². The molecule has 10 nitrogen and oxygen atoms in total. The third-order valence-corrected chi connectivity index (χ3v) is 7.98. The molecular formula is C23H28N4O6S. The number of rotatable bonds is 6. The molecule has 0 saturated carbocycles. The number of piperazine rings is 1. The molecule has 0 atom stereocenters. The summed E-state index contributed by atoms with van der Waals surface area (Å²) < 4.78 is 38.3. The van der Waals surface area contributed by atoms with Gasteiger partial charge < -0.3 is 14.1 Å². The molecule has 1 fully saturated rings. The molecule has 1 aliphatic rings. The normalized spacial score (nSPS) is 15.6. The van der Waals surface area contributed by atoms with Gasteiger partial charge in [-0.05, 0) is 39.3 Å². The summed E-state index contributed by atoms with van der Waals surface area (Å²) in [6, 6.07) is 5.33. The standard InChI is InChI=1S/C23H28N4O6S/c1-5-32-23(29)19-16(4)33-22-20(19)21(28)24-18(25-22)13-26-8-10-27(11-9-26)34(30,31)17-7-6-14(2)12-15(17)3/h6-7,12H,5,8-11,13H2,1-4H3,(H,24,25,28). The first-order valence-electron chi connectivity index (χ1n) is 11.1. The third-order valence-electron chi connectivity index (χ3n) is 5.92. The van der Waals surface area contributed by atoms with Crippen LogP contribution >= 0.6 is 0 Å². The number of fused-ring (bicyclic) bond motifs is 1. The molecule has 1 saturated heterocycles. The average Bonchev–Trinajstić information content (AvgIpc) is 3.10. The summed E-state index contributed by atoms with van der Waals surface area (Å²) in [5.41, 5.74) is 1.43. The summed E-state index contributed by atoms with van der Waals surface area (Å²) in [4.78, 5) is 34.4. The van der Waals surface area contributed by atoms with Gasteiger partial charge in [0, 0.05) is 26.2 Å². The van der Waals surface area contributed by atoms with E-state index in [1.165, 1.54) is 4.31 Å². The number of aromatic nitrogens is 2. The number of carbonyl (C=O) groups is 1. The number of nitrogens with one attached hydrogen (secondary N) is 1. The molecule has 4 rings (SSSR count). The molecule has 182 valence electrons. The van der Waals surface area contributed by atoms with Crippen LogP contribution in [-0.4, -0.2) is 66.3 Å². The number of esters is 1. The Balaban J connectivity index is 1.48. The molecule has 34 heavy (non-hydrogen) atoms. The molecule has 0 bridgehead atoms. The highest BCUT2D eigenvalue weighted by Crippen LogP contribution is 2.24. The number of hydrogen-bond acceptors (Lipinski definition) is 8. The monoisotopic (exact) mass is 488 g/mol. The number of nitrogens with zero attached hydrogens (tertiary/aromatic N) is 3. The first-order valence-corrected chi connectivity index (χ1v) is 12.5. The van der Waals surface area contributed by atoms with Crippen LogP contribution in [0.5, 0.6) is 0 Å². The number of aromatic amines is 1. The minimum absolute atomic E-state index is 0.0732. The van der Waals surface area contributed by atoms with Crippen LogP contribution < -0.4 is 5.56 Å². The van der Waals surface area contributed by atoms with Crippen molar-refractivity contribution in [1.82, 2.24) is 19.2 Å². The van der Waals surface area contributed by atoms with Crippen LogP contribution in [0.15, 0.2) is 32.3 Å². The highest BCUT2D eigenvalue weighted by atomic mass is 32.2. The summed E-state index contributed by atoms with van der Waals surface area (Å²) >= 11 is 0. The van der Waals surface area contributed by atoms with Crippen molar-refractivity contribution in [3.05, 3.63) is 56.8 Å². The average molecular weight is 489 g/mol. The number of hydrogen-bond donors (Lipinski definition) is 1. The maximum atomic E-state index is 13.1. The lowest BCUT2D eigenvalue weighted by atomic mass is 10.2. The van der Waals surface area contributed by atoms with Crippen LogP contribution in [0.2, 0.25) is 0 Å². The van der Waals surface area contributed by atoms with E-state index < -0.39 is 21.6 Å². The molecule has 1 aromatic carbocycles.